The molecule has 0 amide bonds. The number of hydrogen-bond donors (Lipinski definition) is 0. The fraction of sp³-hybridized carbons (Fsp3) is 0.429. The molecule has 0 N–H and O–H groups in total. The van der Waals surface area contributed by atoms with E-state index in [0.29, 0.717) is 11.8 Å². The monoisotopic (exact) mass is 280 g/mol. The van der Waals surface area contributed by atoms with E-state index in [1.54, 1.807) is 0 Å². The second-order valence-corrected chi connectivity index (χ2v) is 6.18. The van der Waals surface area contributed by atoms with Crippen LogP contribution in [0.4, 0.5) is 0 Å². The summed E-state index contributed by atoms with van der Waals surface area (Å²) in [5, 5.41) is 0. The zero-order valence-electron chi connectivity index (χ0n) is 13.7. The van der Waals surface area contributed by atoms with Crippen LogP contribution in [0.25, 0.3) is 5.57 Å². The third-order valence-electron chi connectivity index (χ3n) is 4.62. The van der Waals surface area contributed by atoms with Gasteiger partial charge in [-0.05, 0) is 43.2 Å². The first kappa shape index (κ1) is 15.8. The van der Waals surface area contributed by atoms with E-state index in [9.17, 15) is 0 Å². The lowest BCUT2D eigenvalue weighted by atomic mass is 9.80. The number of rotatable bonds is 7. The number of allylic oxidation sites excluding steroid dienone is 5. The Labute approximate surface area is 130 Å². The Balaban J connectivity index is 2.18. The van der Waals surface area contributed by atoms with Crippen LogP contribution in [0, 0.1) is 11.8 Å². The van der Waals surface area contributed by atoms with E-state index in [0.717, 1.165) is 0 Å². The van der Waals surface area contributed by atoms with Gasteiger partial charge in [0, 0.05) is 5.92 Å². The van der Waals surface area contributed by atoms with Crippen LogP contribution in [0.15, 0.2) is 60.2 Å². The van der Waals surface area contributed by atoms with E-state index in [1.807, 2.05) is 0 Å². The Morgan fingerprint density at radius 2 is 1.90 bits per heavy atom. The summed E-state index contributed by atoms with van der Waals surface area (Å²) in [6.45, 7) is 11.2. The molecule has 2 atom stereocenters. The molecule has 1 aromatic rings. The maximum absolute atomic E-state index is 4.38. The maximum Gasteiger partial charge on any atom is 0.00518 e. The van der Waals surface area contributed by atoms with Crippen LogP contribution in [0.1, 0.15) is 52.0 Å². The molecule has 0 aromatic heterocycles. The van der Waals surface area contributed by atoms with Gasteiger partial charge in [0.2, 0.25) is 0 Å². The average Bonchev–Trinajstić information content (AvgIpc) is 2.89. The Hall–Kier alpha value is -1.56. The number of benzene rings is 1. The lowest BCUT2D eigenvalue weighted by molar-refractivity contribution is 0.476. The molecule has 0 saturated heterocycles. The zero-order chi connectivity index (χ0) is 15.2. The predicted octanol–water partition coefficient (Wildman–Crippen LogP) is 6.42. The van der Waals surface area contributed by atoms with Gasteiger partial charge in [0.05, 0.1) is 0 Å². The van der Waals surface area contributed by atoms with Crippen molar-refractivity contribution in [2.45, 2.75) is 46.5 Å². The molecule has 1 aromatic carbocycles. The first-order chi connectivity index (χ1) is 10.2. The molecule has 1 aliphatic rings. The predicted molar refractivity (Wildman–Crippen MR) is 94.1 cm³/mol. The van der Waals surface area contributed by atoms with Crippen LogP contribution in [-0.4, -0.2) is 0 Å². The van der Waals surface area contributed by atoms with Gasteiger partial charge in [0.1, 0.15) is 0 Å². The highest BCUT2D eigenvalue weighted by molar-refractivity contribution is 5.78. The summed E-state index contributed by atoms with van der Waals surface area (Å²) in [4.78, 5) is 0. The Bertz CT molecular complexity index is 530. The Morgan fingerprint density at radius 1 is 1.19 bits per heavy atom. The summed E-state index contributed by atoms with van der Waals surface area (Å²) in [5.41, 5.74) is 5.62. The minimum absolute atomic E-state index is 0.537. The molecule has 112 valence electrons. The average molecular weight is 280 g/mol. The molecule has 0 heteroatoms. The number of hydrogen-bond acceptors (Lipinski definition) is 0. The van der Waals surface area contributed by atoms with Gasteiger partial charge in [-0.3, -0.25) is 0 Å². The highest BCUT2D eigenvalue weighted by Gasteiger charge is 2.26. The molecule has 0 fully saturated rings. The SMILES string of the molecule is C=C(CCCC)C(CC)C1C=C(c2ccccc2)C=C1C. The molecule has 0 bridgehead atoms. The van der Waals surface area contributed by atoms with E-state index in [1.165, 1.54) is 48.0 Å². The second-order valence-electron chi connectivity index (χ2n) is 6.18. The van der Waals surface area contributed by atoms with Gasteiger partial charge in [0.15, 0.2) is 0 Å². The first-order valence-electron chi connectivity index (χ1n) is 8.30. The summed E-state index contributed by atoms with van der Waals surface area (Å²) in [6.07, 6.45) is 9.68. The van der Waals surface area contributed by atoms with Gasteiger partial charge in [-0.2, -0.15) is 0 Å². The highest BCUT2D eigenvalue weighted by Crippen LogP contribution is 2.39. The van der Waals surface area contributed by atoms with Crippen LogP contribution in [0.5, 0.6) is 0 Å². The zero-order valence-corrected chi connectivity index (χ0v) is 13.7. The van der Waals surface area contributed by atoms with Crippen molar-refractivity contribution in [1.82, 2.24) is 0 Å². The molecule has 1 aliphatic carbocycles. The van der Waals surface area contributed by atoms with E-state index in [2.05, 4.69) is 69.8 Å². The molecule has 2 unspecified atom stereocenters. The molecular formula is C21H28. The van der Waals surface area contributed by atoms with E-state index in [4.69, 9.17) is 0 Å². The van der Waals surface area contributed by atoms with Gasteiger partial charge < -0.3 is 0 Å². The van der Waals surface area contributed by atoms with Crippen LogP contribution >= 0.6 is 0 Å². The lowest BCUT2D eigenvalue weighted by Crippen LogP contribution is -2.14. The normalized spacial score (nSPS) is 19.1. The van der Waals surface area contributed by atoms with Crippen molar-refractivity contribution in [3.8, 4) is 0 Å². The summed E-state index contributed by atoms with van der Waals surface area (Å²) < 4.78 is 0. The number of unbranched alkanes of at least 4 members (excludes halogenated alkanes) is 1. The molecule has 0 nitrogen and oxygen atoms in total. The van der Waals surface area contributed by atoms with Crippen LogP contribution in [0.2, 0.25) is 0 Å². The minimum atomic E-state index is 0.537. The quantitative estimate of drug-likeness (QED) is 0.506. The van der Waals surface area contributed by atoms with Gasteiger partial charge in [0.25, 0.3) is 0 Å². The molecule has 0 aliphatic heterocycles. The summed E-state index contributed by atoms with van der Waals surface area (Å²) in [5.74, 6) is 1.13. The minimum Gasteiger partial charge on any atom is -0.0995 e. The van der Waals surface area contributed by atoms with E-state index < -0.39 is 0 Å². The van der Waals surface area contributed by atoms with E-state index in [-0.39, 0.29) is 0 Å². The molecule has 0 spiro atoms. The largest absolute Gasteiger partial charge is 0.0995 e. The van der Waals surface area contributed by atoms with Crippen LogP contribution in [0.3, 0.4) is 0 Å². The van der Waals surface area contributed by atoms with Crippen molar-refractivity contribution in [3.05, 3.63) is 65.8 Å². The van der Waals surface area contributed by atoms with Gasteiger partial charge in [-0.25, -0.2) is 0 Å². The first-order valence-corrected chi connectivity index (χ1v) is 8.30. The van der Waals surface area contributed by atoms with Crippen molar-refractivity contribution < 1.29 is 0 Å². The molecule has 2 rings (SSSR count). The van der Waals surface area contributed by atoms with Crippen molar-refractivity contribution in [2.75, 3.05) is 0 Å². The molecular weight excluding hydrogens is 252 g/mol. The Kier molecular flexibility index (Phi) is 5.61. The van der Waals surface area contributed by atoms with Gasteiger partial charge >= 0.3 is 0 Å². The molecule has 21 heavy (non-hydrogen) atoms. The summed E-state index contributed by atoms with van der Waals surface area (Å²) in [7, 11) is 0. The third-order valence-corrected chi connectivity index (χ3v) is 4.62. The summed E-state index contributed by atoms with van der Waals surface area (Å²) >= 11 is 0. The molecule has 0 saturated carbocycles. The molecule has 0 heterocycles. The highest BCUT2D eigenvalue weighted by atomic mass is 14.3. The summed E-state index contributed by atoms with van der Waals surface area (Å²) in [6, 6.07) is 10.7. The van der Waals surface area contributed by atoms with Crippen molar-refractivity contribution in [2.24, 2.45) is 11.8 Å². The van der Waals surface area contributed by atoms with Crippen LogP contribution in [-0.2, 0) is 0 Å². The maximum atomic E-state index is 4.38. The van der Waals surface area contributed by atoms with Crippen molar-refractivity contribution in [1.29, 1.82) is 0 Å². The smallest absolute Gasteiger partial charge is 0.00518 e. The van der Waals surface area contributed by atoms with Crippen molar-refractivity contribution in [3.63, 3.8) is 0 Å². The topological polar surface area (TPSA) is 0 Å². The lowest BCUT2D eigenvalue weighted by Gasteiger charge is -2.25. The van der Waals surface area contributed by atoms with Gasteiger partial charge in [-0.15, -0.1) is 0 Å². The van der Waals surface area contributed by atoms with Crippen molar-refractivity contribution >= 4 is 5.57 Å². The van der Waals surface area contributed by atoms with Crippen LogP contribution < -0.4 is 0 Å². The van der Waals surface area contributed by atoms with E-state index >= 15 is 0 Å². The second kappa shape index (κ2) is 7.45. The molecule has 0 radical (unpaired) electrons. The third kappa shape index (κ3) is 3.75. The Morgan fingerprint density at radius 3 is 2.52 bits per heavy atom. The fourth-order valence-corrected chi connectivity index (χ4v) is 3.34. The fourth-order valence-electron chi connectivity index (χ4n) is 3.34. The van der Waals surface area contributed by atoms with Gasteiger partial charge in [-0.1, -0.05) is 80.5 Å². The standard InChI is InChI=1S/C21H28/c1-5-7-11-16(3)20(6-2)21-15-19(14-17(21)4)18-12-9-8-10-13-18/h8-10,12-15,20-21H,3,5-7,11H2,1-2,4H3.